The molecule has 3 aliphatic rings. The molecule has 1 heterocycles. The summed E-state index contributed by atoms with van der Waals surface area (Å²) in [6.07, 6.45) is 0.779. The van der Waals surface area contributed by atoms with E-state index >= 15 is 0 Å². The number of amidine groups is 1. The van der Waals surface area contributed by atoms with Crippen LogP contribution in [0, 0.1) is 17.8 Å². The zero-order valence-electron chi connectivity index (χ0n) is 12.1. The predicted octanol–water partition coefficient (Wildman–Crippen LogP) is -1.59. The van der Waals surface area contributed by atoms with Gasteiger partial charge in [0.05, 0.1) is 13.0 Å². The number of nitrogens with one attached hydrogen (secondary N) is 1. The second-order valence-electron chi connectivity index (χ2n) is 5.69. The highest BCUT2D eigenvalue weighted by atomic mass is 16.6. The third-order valence-electron chi connectivity index (χ3n) is 4.59. The molecule has 0 aromatic rings. The van der Waals surface area contributed by atoms with Crippen LogP contribution in [0.1, 0.15) is 12.8 Å². The third kappa shape index (κ3) is 2.25. The van der Waals surface area contributed by atoms with Crippen molar-refractivity contribution in [2.24, 2.45) is 17.8 Å². The zero-order chi connectivity index (χ0) is 15.9. The van der Waals surface area contributed by atoms with Crippen LogP contribution in [0.2, 0.25) is 0 Å². The topological polar surface area (TPSA) is 105 Å². The first-order chi connectivity index (χ1) is 10.5. The molecule has 8 heteroatoms. The van der Waals surface area contributed by atoms with Crippen molar-refractivity contribution in [2.45, 2.75) is 25.0 Å². The highest BCUT2D eigenvalue weighted by Gasteiger charge is 2.63. The van der Waals surface area contributed by atoms with E-state index in [2.05, 4.69) is 16.7 Å². The van der Waals surface area contributed by atoms with Crippen LogP contribution in [-0.2, 0) is 28.6 Å². The van der Waals surface area contributed by atoms with E-state index in [1.165, 1.54) is 7.05 Å². The summed E-state index contributed by atoms with van der Waals surface area (Å²) in [5.74, 6) is -1.44. The molecule has 22 heavy (non-hydrogen) atoms. The van der Waals surface area contributed by atoms with Crippen LogP contribution in [0.4, 0.5) is 0 Å². The molecule has 5 atom stereocenters. The van der Waals surface area contributed by atoms with Crippen molar-refractivity contribution in [1.29, 1.82) is 0 Å². The lowest BCUT2D eigenvalue weighted by atomic mass is 9.88. The van der Waals surface area contributed by atoms with Crippen molar-refractivity contribution in [3.05, 3.63) is 0 Å². The molecule has 2 bridgehead atoms. The fourth-order valence-corrected chi connectivity index (χ4v) is 3.69. The Morgan fingerprint density at radius 3 is 2.91 bits per heavy atom. The van der Waals surface area contributed by atoms with Gasteiger partial charge in [-0.05, 0) is 12.8 Å². The number of ether oxygens (including phenoxy) is 3. The molecule has 1 saturated heterocycles. The predicted molar refractivity (Wildman–Crippen MR) is 73.7 cm³/mol. The number of likely N-dealkylation sites (N-methyl/N-ethyl adjacent to an activating group) is 1. The largest absolute Gasteiger partial charge is 0.458 e. The van der Waals surface area contributed by atoms with Gasteiger partial charge in [-0.1, -0.05) is 0 Å². The summed E-state index contributed by atoms with van der Waals surface area (Å²) in [6, 6.07) is 0. The minimum Gasteiger partial charge on any atom is -0.458 e. The van der Waals surface area contributed by atoms with E-state index in [-0.39, 0.29) is 35.7 Å². The highest BCUT2D eigenvalue weighted by Crippen LogP contribution is 2.55. The Bertz CT molecular complexity index is 582. The molecule has 0 radical (unpaired) electrons. The molecule has 1 aliphatic heterocycles. The average molecular weight is 309 g/mol. The van der Waals surface area contributed by atoms with Gasteiger partial charge in [0.1, 0.15) is 12.2 Å². The number of nitrogens with zero attached hydrogens (tertiary/aromatic N) is 1. The molecule has 2 saturated carbocycles. The minimum absolute atomic E-state index is 0.0331. The Morgan fingerprint density at radius 2 is 2.23 bits per heavy atom. The lowest BCUT2D eigenvalue weighted by molar-refractivity contribution is -0.168. The maximum atomic E-state index is 11.8. The van der Waals surface area contributed by atoms with Gasteiger partial charge in [-0.15, -0.1) is 0 Å². The van der Waals surface area contributed by atoms with Crippen LogP contribution in [0.3, 0.4) is 0 Å². The standard InChI is InChI=1S/C14H16N2O6/c1-15-12(16-2)14(19)20-5-9(17)21-10-6-3-7-8(4-6)13(18)22-11(7)10/h6-8,10-11H,1,3-5H2,2H3/p+1. The zero-order valence-corrected chi connectivity index (χ0v) is 12.1. The molecule has 3 fully saturated rings. The fraction of sp³-hybridized carbons (Fsp3) is 0.643. The molecule has 2 aliphatic carbocycles. The Morgan fingerprint density at radius 1 is 1.45 bits per heavy atom. The molecule has 118 valence electrons. The lowest BCUT2D eigenvalue weighted by Crippen LogP contribution is -2.38. The van der Waals surface area contributed by atoms with Crippen molar-refractivity contribution in [2.75, 3.05) is 13.7 Å². The second kappa shape index (κ2) is 5.46. The van der Waals surface area contributed by atoms with Gasteiger partial charge in [0.25, 0.3) is 0 Å². The summed E-state index contributed by atoms with van der Waals surface area (Å²) >= 11 is 0. The summed E-state index contributed by atoms with van der Waals surface area (Å²) in [7, 11) is 1.49. The Labute approximate surface area is 126 Å². The van der Waals surface area contributed by atoms with Gasteiger partial charge in [-0.25, -0.2) is 14.3 Å². The van der Waals surface area contributed by atoms with Crippen molar-refractivity contribution >= 4 is 30.5 Å². The number of fused-ring (bicyclic) bond motifs is 1. The molecule has 8 nitrogen and oxygen atoms in total. The molecule has 0 amide bonds. The summed E-state index contributed by atoms with van der Waals surface area (Å²) in [6.45, 7) is 2.69. The van der Waals surface area contributed by atoms with E-state index in [1.54, 1.807) is 0 Å². The number of carbonyl (C=O) groups is 3. The molecule has 0 spiro atoms. The molecule has 0 aromatic carbocycles. The van der Waals surface area contributed by atoms with Gasteiger partial charge in [0.2, 0.25) is 0 Å². The van der Waals surface area contributed by atoms with E-state index in [0.717, 1.165) is 6.42 Å². The van der Waals surface area contributed by atoms with Crippen molar-refractivity contribution < 1.29 is 28.6 Å². The summed E-state index contributed by atoms with van der Waals surface area (Å²) in [5.41, 5.74) is 0. The SMILES string of the molecule is C=[N+]=C(NC)C(=O)OCC(=O)OC1C2CC3C(=O)OC1C3C2. The number of carbonyl (C=O) groups excluding carboxylic acids is 3. The number of hydrogen-bond donors (Lipinski definition) is 1. The molecule has 3 rings (SSSR count). The van der Waals surface area contributed by atoms with Gasteiger partial charge in [-0.2, -0.15) is 0 Å². The van der Waals surface area contributed by atoms with Gasteiger partial charge >= 0.3 is 23.7 Å². The molecule has 5 unspecified atom stereocenters. The van der Waals surface area contributed by atoms with Crippen LogP contribution in [-0.4, -0.2) is 56.3 Å². The Balaban J connectivity index is 1.52. The quantitative estimate of drug-likeness (QED) is 0.220. The van der Waals surface area contributed by atoms with E-state index in [0.29, 0.717) is 6.42 Å². The van der Waals surface area contributed by atoms with Crippen LogP contribution in [0.15, 0.2) is 0 Å². The lowest BCUT2D eigenvalue weighted by Gasteiger charge is -2.25. The Hall–Kier alpha value is -2.34. The smallest absolute Gasteiger partial charge is 0.452 e. The third-order valence-corrected chi connectivity index (χ3v) is 4.59. The van der Waals surface area contributed by atoms with Crippen LogP contribution in [0.25, 0.3) is 0 Å². The summed E-state index contributed by atoms with van der Waals surface area (Å²) in [5, 5.41) is 2.50. The van der Waals surface area contributed by atoms with Gasteiger partial charge in [-0.3, -0.25) is 10.1 Å². The monoisotopic (exact) mass is 309 g/mol. The molecular formula is C14H17N2O6+. The van der Waals surface area contributed by atoms with Crippen molar-refractivity contribution in [3.8, 4) is 0 Å². The maximum absolute atomic E-state index is 11.8. The number of rotatable bonds is 3. The van der Waals surface area contributed by atoms with Crippen molar-refractivity contribution in [1.82, 2.24) is 9.98 Å². The van der Waals surface area contributed by atoms with Gasteiger partial charge < -0.3 is 14.2 Å². The highest BCUT2D eigenvalue weighted by molar-refractivity contribution is 6.35. The first-order valence-electron chi connectivity index (χ1n) is 7.13. The summed E-state index contributed by atoms with van der Waals surface area (Å²) in [4.78, 5) is 35.0. The average Bonchev–Trinajstić information content (AvgIpc) is 3.11. The van der Waals surface area contributed by atoms with Gasteiger partial charge in [0, 0.05) is 11.8 Å². The first-order valence-corrected chi connectivity index (χ1v) is 7.13. The minimum atomic E-state index is -0.783. The van der Waals surface area contributed by atoms with Crippen molar-refractivity contribution in [3.63, 3.8) is 0 Å². The normalized spacial score (nSPS) is 33.9. The van der Waals surface area contributed by atoms with E-state index < -0.39 is 24.6 Å². The number of esters is 3. The molecular weight excluding hydrogens is 292 g/mol. The number of hydrogen-bond acceptors (Lipinski definition) is 6. The van der Waals surface area contributed by atoms with Crippen LogP contribution in [0.5, 0.6) is 0 Å². The van der Waals surface area contributed by atoms with E-state index in [9.17, 15) is 14.4 Å². The maximum Gasteiger partial charge on any atom is 0.452 e. The fourth-order valence-electron chi connectivity index (χ4n) is 3.69. The van der Waals surface area contributed by atoms with Crippen LogP contribution >= 0.6 is 0 Å². The Kier molecular flexibility index (Phi) is 3.62. The van der Waals surface area contributed by atoms with E-state index in [4.69, 9.17) is 14.2 Å². The van der Waals surface area contributed by atoms with Crippen LogP contribution < -0.4 is 9.98 Å². The first kappa shape index (κ1) is 14.6. The molecule has 1 N–H and O–H groups in total. The van der Waals surface area contributed by atoms with Gasteiger partial charge in [0.15, 0.2) is 13.3 Å². The van der Waals surface area contributed by atoms with E-state index in [1.807, 2.05) is 0 Å². The summed E-state index contributed by atoms with van der Waals surface area (Å²) < 4.78 is 18.9. The molecule has 0 aromatic heterocycles. The second-order valence-corrected chi connectivity index (χ2v) is 5.69.